The SMILES string of the molecule is Cc1nc(-c2cccs2)sc1C(=O)N[C@H](CCO)C(=O)O. The molecule has 1 atom stereocenters. The van der Waals surface area contributed by atoms with Gasteiger partial charge >= 0.3 is 5.97 Å². The molecule has 2 heterocycles. The molecule has 0 saturated heterocycles. The molecule has 0 spiro atoms. The van der Waals surface area contributed by atoms with Gasteiger partial charge in [-0.25, -0.2) is 9.78 Å². The van der Waals surface area contributed by atoms with Crippen molar-refractivity contribution in [1.82, 2.24) is 10.3 Å². The van der Waals surface area contributed by atoms with Crippen LogP contribution in [-0.2, 0) is 4.79 Å². The van der Waals surface area contributed by atoms with Crippen molar-refractivity contribution in [3.05, 3.63) is 28.1 Å². The third-order valence-corrected chi connectivity index (χ3v) is 4.95. The summed E-state index contributed by atoms with van der Waals surface area (Å²) in [5, 5.41) is 22.9. The van der Waals surface area contributed by atoms with Crippen molar-refractivity contribution in [2.75, 3.05) is 6.61 Å². The maximum absolute atomic E-state index is 12.2. The van der Waals surface area contributed by atoms with Crippen LogP contribution in [0.4, 0.5) is 0 Å². The number of aryl methyl sites for hydroxylation is 1. The summed E-state index contributed by atoms with van der Waals surface area (Å²) in [6, 6.07) is 2.71. The summed E-state index contributed by atoms with van der Waals surface area (Å²) in [6.07, 6.45) is -0.0310. The smallest absolute Gasteiger partial charge is 0.326 e. The summed E-state index contributed by atoms with van der Waals surface area (Å²) >= 11 is 2.75. The zero-order valence-electron chi connectivity index (χ0n) is 11.2. The number of hydrogen-bond donors (Lipinski definition) is 3. The number of thiophene rings is 1. The summed E-state index contributed by atoms with van der Waals surface area (Å²) in [4.78, 5) is 28.9. The van der Waals surface area contributed by atoms with Crippen LogP contribution < -0.4 is 5.32 Å². The van der Waals surface area contributed by atoms with Gasteiger partial charge in [0.2, 0.25) is 0 Å². The lowest BCUT2D eigenvalue weighted by atomic mass is 10.2. The fourth-order valence-electron chi connectivity index (χ4n) is 1.72. The zero-order valence-corrected chi connectivity index (χ0v) is 12.8. The third kappa shape index (κ3) is 3.66. The monoisotopic (exact) mass is 326 g/mol. The Morgan fingerprint density at radius 3 is 2.81 bits per heavy atom. The molecule has 6 nitrogen and oxygen atoms in total. The summed E-state index contributed by atoms with van der Waals surface area (Å²) in [5.74, 6) is -1.65. The number of carboxylic acids is 1. The molecular weight excluding hydrogens is 312 g/mol. The van der Waals surface area contributed by atoms with Crippen LogP contribution in [0, 0.1) is 6.92 Å². The fraction of sp³-hybridized carbons (Fsp3) is 0.308. The zero-order chi connectivity index (χ0) is 15.4. The second-order valence-corrected chi connectivity index (χ2v) is 6.23. The van der Waals surface area contributed by atoms with Crippen molar-refractivity contribution in [3.63, 3.8) is 0 Å². The van der Waals surface area contributed by atoms with Gasteiger partial charge in [-0.15, -0.1) is 22.7 Å². The predicted molar refractivity (Wildman–Crippen MR) is 80.8 cm³/mol. The largest absolute Gasteiger partial charge is 0.480 e. The summed E-state index contributed by atoms with van der Waals surface area (Å²) in [5.41, 5.74) is 0.564. The number of carbonyl (C=O) groups is 2. The number of aliphatic hydroxyl groups excluding tert-OH is 1. The average Bonchev–Trinajstić information content (AvgIpc) is 3.06. The van der Waals surface area contributed by atoms with Gasteiger partial charge in [-0.3, -0.25) is 4.79 Å². The predicted octanol–water partition coefficient (Wildman–Crippen LogP) is 1.75. The maximum atomic E-state index is 12.2. The normalized spacial score (nSPS) is 12.1. The van der Waals surface area contributed by atoms with Crippen LogP contribution in [0.15, 0.2) is 17.5 Å². The molecule has 0 fully saturated rings. The molecule has 2 aromatic rings. The lowest BCUT2D eigenvalue weighted by molar-refractivity contribution is -0.139. The van der Waals surface area contributed by atoms with Crippen molar-refractivity contribution in [2.24, 2.45) is 0 Å². The number of carbonyl (C=O) groups excluding carboxylic acids is 1. The number of aliphatic hydroxyl groups is 1. The van der Waals surface area contributed by atoms with Gasteiger partial charge in [0, 0.05) is 13.0 Å². The van der Waals surface area contributed by atoms with E-state index in [0.717, 1.165) is 9.88 Å². The second-order valence-electron chi connectivity index (χ2n) is 4.29. The van der Waals surface area contributed by atoms with Gasteiger partial charge in [0.25, 0.3) is 5.91 Å². The van der Waals surface area contributed by atoms with Gasteiger partial charge in [0.1, 0.15) is 15.9 Å². The molecule has 0 bridgehead atoms. The van der Waals surface area contributed by atoms with Gasteiger partial charge in [0.15, 0.2) is 0 Å². The lowest BCUT2D eigenvalue weighted by Crippen LogP contribution is -2.41. The van der Waals surface area contributed by atoms with E-state index in [2.05, 4.69) is 10.3 Å². The van der Waals surface area contributed by atoms with Crippen LogP contribution >= 0.6 is 22.7 Å². The van der Waals surface area contributed by atoms with Gasteiger partial charge in [0.05, 0.1) is 10.6 Å². The molecule has 0 aliphatic heterocycles. The van der Waals surface area contributed by atoms with E-state index >= 15 is 0 Å². The Morgan fingerprint density at radius 2 is 2.24 bits per heavy atom. The molecular formula is C13H14N2O4S2. The summed E-state index contributed by atoms with van der Waals surface area (Å²) in [7, 11) is 0. The highest BCUT2D eigenvalue weighted by molar-refractivity contribution is 7.22. The third-order valence-electron chi connectivity index (χ3n) is 2.76. The molecule has 8 heteroatoms. The second kappa shape index (κ2) is 6.79. The van der Waals surface area contributed by atoms with Crippen molar-refractivity contribution < 1.29 is 19.8 Å². The molecule has 3 N–H and O–H groups in total. The number of nitrogens with one attached hydrogen (secondary N) is 1. The standard InChI is InChI=1S/C13H14N2O4S2/c1-7-10(11(17)15-8(4-5-16)13(18)19)21-12(14-7)9-3-2-6-20-9/h2-3,6,8,16H,4-5H2,1H3,(H,15,17)(H,18,19)/t8-/m1/s1. The molecule has 2 aromatic heterocycles. The molecule has 112 valence electrons. The van der Waals surface area contributed by atoms with E-state index in [9.17, 15) is 9.59 Å². The topological polar surface area (TPSA) is 99.5 Å². The number of thiazole rings is 1. The van der Waals surface area contributed by atoms with Crippen LogP contribution in [0.1, 0.15) is 21.8 Å². The lowest BCUT2D eigenvalue weighted by Gasteiger charge is -2.12. The number of nitrogens with zero attached hydrogens (tertiary/aromatic N) is 1. The Labute approximate surface area is 129 Å². The van der Waals surface area contributed by atoms with E-state index in [1.165, 1.54) is 22.7 Å². The van der Waals surface area contributed by atoms with Crippen molar-refractivity contribution in [2.45, 2.75) is 19.4 Å². The minimum atomic E-state index is -1.17. The van der Waals surface area contributed by atoms with E-state index < -0.39 is 17.9 Å². The molecule has 0 saturated carbocycles. The maximum Gasteiger partial charge on any atom is 0.326 e. The van der Waals surface area contributed by atoms with E-state index in [0.29, 0.717) is 10.6 Å². The number of carboxylic acid groups (broad SMARTS) is 1. The highest BCUT2D eigenvalue weighted by atomic mass is 32.1. The summed E-state index contributed by atoms with van der Waals surface area (Å²) < 4.78 is 0. The van der Waals surface area contributed by atoms with Crippen LogP contribution in [0.5, 0.6) is 0 Å². The van der Waals surface area contributed by atoms with Gasteiger partial charge in [-0.2, -0.15) is 0 Å². The quantitative estimate of drug-likeness (QED) is 0.751. The van der Waals surface area contributed by atoms with Crippen LogP contribution in [0.3, 0.4) is 0 Å². The van der Waals surface area contributed by atoms with E-state index in [1.807, 2.05) is 17.5 Å². The highest BCUT2D eigenvalue weighted by Crippen LogP contribution is 2.31. The molecule has 0 aliphatic rings. The molecule has 21 heavy (non-hydrogen) atoms. The number of rotatable bonds is 6. The van der Waals surface area contributed by atoms with E-state index in [4.69, 9.17) is 10.2 Å². The molecule has 2 rings (SSSR count). The first-order valence-corrected chi connectivity index (χ1v) is 7.88. The van der Waals surface area contributed by atoms with Gasteiger partial charge < -0.3 is 15.5 Å². The Morgan fingerprint density at radius 1 is 1.48 bits per heavy atom. The number of aromatic nitrogens is 1. The average molecular weight is 326 g/mol. The van der Waals surface area contributed by atoms with Gasteiger partial charge in [-0.05, 0) is 18.4 Å². The first kappa shape index (κ1) is 15.6. The Bertz CT molecular complexity index is 637. The number of hydrogen-bond acceptors (Lipinski definition) is 6. The number of amides is 1. The van der Waals surface area contributed by atoms with Crippen molar-refractivity contribution in [3.8, 4) is 9.88 Å². The molecule has 0 aromatic carbocycles. The molecule has 0 radical (unpaired) electrons. The van der Waals surface area contributed by atoms with E-state index in [1.54, 1.807) is 6.92 Å². The van der Waals surface area contributed by atoms with Crippen LogP contribution in [0.2, 0.25) is 0 Å². The van der Waals surface area contributed by atoms with Crippen molar-refractivity contribution >= 4 is 34.6 Å². The molecule has 1 amide bonds. The summed E-state index contributed by atoms with van der Waals surface area (Å²) in [6.45, 7) is 1.41. The highest BCUT2D eigenvalue weighted by Gasteiger charge is 2.23. The van der Waals surface area contributed by atoms with Gasteiger partial charge in [-0.1, -0.05) is 6.07 Å². The Balaban J connectivity index is 2.18. The Kier molecular flexibility index (Phi) is 5.05. The fourth-order valence-corrected chi connectivity index (χ4v) is 3.49. The first-order chi connectivity index (χ1) is 10.0. The Hall–Kier alpha value is -1.77. The molecule has 0 aliphatic carbocycles. The van der Waals surface area contributed by atoms with Crippen LogP contribution in [0.25, 0.3) is 9.88 Å². The molecule has 0 unspecified atom stereocenters. The van der Waals surface area contributed by atoms with Crippen LogP contribution in [-0.4, -0.2) is 39.7 Å². The first-order valence-electron chi connectivity index (χ1n) is 6.18. The minimum Gasteiger partial charge on any atom is -0.480 e. The van der Waals surface area contributed by atoms with E-state index in [-0.39, 0.29) is 13.0 Å². The van der Waals surface area contributed by atoms with Crippen molar-refractivity contribution in [1.29, 1.82) is 0 Å². The number of aliphatic carboxylic acids is 1. The minimum absolute atomic E-state index is 0.0310.